The third kappa shape index (κ3) is 4.69. The summed E-state index contributed by atoms with van der Waals surface area (Å²) in [6.07, 6.45) is 0. The van der Waals surface area contributed by atoms with Gasteiger partial charge in [-0.25, -0.2) is 4.39 Å². The van der Waals surface area contributed by atoms with Crippen LogP contribution in [0.4, 0.5) is 10.1 Å². The van der Waals surface area contributed by atoms with Gasteiger partial charge in [0.1, 0.15) is 11.9 Å². The van der Waals surface area contributed by atoms with Crippen LogP contribution in [0.25, 0.3) is 0 Å². The molecule has 1 fully saturated rings. The summed E-state index contributed by atoms with van der Waals surface area (Å²) in [5.41, 5.74) is 2.98. The third-order valence-electron chi connectivity index (χ3n) is 5.67. The highest BCUT2D eigenvalue weighted by atomic mass is 19.1. The van der Waals surface area contributed by atoms with Crippen molar-refractivity contribution in [3.63, 3.8) is 0 Å². The molecule has 0 bridgehead atoms. The van der Waals surface area contributed by atoms with Crippen molar-refractivity contribution in [3.8, 4) is 0 Å². The molecule has 5 heteroatoms. The van der Waals surface area contributed by atoms with E-state index in [1.807, 2.05) is 52.3 Å². The van der Waals surface area contributed by atoms with Gasteiger partial charge in [0.15, 0.2) is 6.54 Å². The van der Waals surface area contributed by atoms with E-state index in [1.54, 1.807) is 12.1 Å². The molecule has 1 heterocycles. The fraction of sp³-hybridized carbons (Fsp3) is 0.240. The molecular formula is C25H27FN3O+. The number of hydrogen-bond donors (Lipinski definition) is 1. The van der Waals surface area contributed by atoms with Crippen molar-refractivity contribution in [2.45, 2.75) is 6.04 Å². The summed E-state index contributed by atoms with van der Waals surface area (Å²) in [4.78, 5) is 16.8. The topological polar surface area (TPSA) is 40.2 Å². The Morgan fingerprint density at radius 3 is 1.90 bits per heavy atom. The first-order valence-corrected chi connectivity index (χ1v) is 10.4. The van der Waals surface area contributed by atoms with Gasteiger partial charge in [-0.2, -0.15) is 0 Å². The molecule has 4 nitrogen and oxygen atoms in total. The molecule has 0 radical (unpaired) electrons. The smallest absolute Gasteiger partial charge is 0.277 e. The summed E-state index contributed by atoms with van der Waals surface area (Å²) >= 11 is 0. The summed E-state index contributed by atoms with van der Waals surface area (Å²) in [7, 11) is 0. The predicted octanol–water partition coefficient (Wildman–Crippen LogP) is 2.83. The van der Waals surface area contributed by atoms with Gasteiger partial charge in [-0.1, -0.05) is 72.8 Å². The predicted molar refractivity (Wildman–Crippen MR) is 117 cm³/mol. The van der Waals surface area contributed by atoms with Gasteiger partial charge in [-0.05, 0) is 12.1 Å². The molecule has 4 rings (SSSR count). The van der Waals surface area contributed by atoms with Crippen LogP contribution in [0, 0.1) is 5.82 Å². The SMILES string of the molecule is O=C(C[NH2+]C(c1ccccc1)c1ccccc1)N1CCN(c2ccccc2F)CC1. The first-order valence-electron chi connectivity index (χ1n) is 10.4. The Labute approximate surface area is 176 Å². The Balaban J connectivity index is 1.37. The minimum atomic E-state index is -0.209. The van der Waals surface area contributed by atoms with Crippen molar-refractivity contribution in [2.24, 2.45) is 0 Å². The second kappa shape index (κ2) is 9.55. The molecule has 0 spiro atoms. The fourth-order valence-corrected chi connectivity index (χ4v) is 4.04. The number of halogens is 1. The van der Waals surface area contributed by atoms with Crippen molar-refractivity contribution in [1.29, 1.82) is 0 Å². The number of carbonyl (C=O) groups is 1. The molecule has 2 N–H and O–H groups in total. The number of carbonyl (C=O) groups excluding carboxylic acids is 1. The Morgan fingerprint density at radius 2 is 1.33 bits per heavy atom. The van der Waals surface area contributed by atoms with Crippen LogP contribution in [0.2, 0.25) is 0 Å². The number of amides is 1. The second-order valence-corrected chi connectivity index (χ2v) is 7.56. The lowest BCUT2D eigenvalue weighted by atomic mass is 9.99. The summed E-state index contributed by atoms with van der Waals surface area (Å²) < 4.78 is 14.0. The first-order chi connectivity index (χ1) is 14.7. The summed E-state index contributed by atoms with van der Waals surface area (Å²) in [5.74, 6) is -0.0841. The molecular weight excluding hydrogens is 377 g/mol. The summed E-state index contributed by atoms with van der Waals surface area (Å²) in [6.45, 7) is 2.90. The van der Waals surface area contributed by atoms with Gasteiger partial charge < -0.3 is 15.1 Å². The van der Waals surface area contributed by atoms with Crippen molar-refractivity contribution < 1.29 is 14.5 Å². The minimum absolute atomic E-state index is 0.0797. The van der Waals surface area contributed by atoms with E-state index in [1.165, 1.54) is 17.2 Å². The molecule has 1 aliphatic rings. The number of para-hydroxylation sites is 1. The number of quaternary nitrogens is 1. The van der Waals surface area contributed by atoms with E-state index in [0.717, 1.165) is 0 Å². The zero-order valence-electron chi connectivity index (χ0n) is 17.0. The number of nitrogens with zero attached hydrogens (tertiary/aromatic N) is 2. The lowest BCUT2D eigenvalue weighted by Gasteiger charge is -2.36. The van der Waals surface area contributed by atoms with Crippen LogP contribution in [-0.2, 0) is 4.79 Å². The molecule has 30 heavy (non-hydrogen) atoms. The summed E-state index contributed by atoms with van der Waals surface area (Å²) in [6, 6.07) is 27.4. The molecule has 0 unspecified atom stereocenters. The van der Waals surface area contributed by atoms with Crippen molar-refractivity contribution >= 4 is 11.6 Å². The number of anilines is 1. The Hall–Kier alpha value is -3.18. The van der Waals surface area contributed by atoms with Crippen LogP contribution in [-0.4, -0.2) is 43.5 Å². The maximum Gasteiger partial charge on any atom is 0.277 e. The van der Waals surface area contributed by atoms with Gasteiger partial charge in [0.2, 0.25) is 0 Å². The van der Waals surface area contributed by atoms with Gasteiger partial charge in [0.05, 0.1) is 5.69 Å². The van der Waals surface area contributed by atoms with E-state index >= 15 is 0 Å². The van der Waals surface area contributed by atoms with Gasteiger partial charge in [0.25, 0.3) is 5.91 Å². The van der Waals surface area contributed by atoms with E-state index < -0.39 is 0 Å². The van der Waals surface area contributed by atoms with E-state index in [9.17, 15) is 9.18 Å². The average Bonchev–Trinajstić information content (AvgIpc) is 2.81. The molecule has 1 saturated heterocycles. The lowest BCUT2D eigenvalue weighted by molar-refractivity contribution is -0.677. The maximum absolute atomic E-state index is 14.0. The van der Waals surface area contributed by atoms with Crippen LogP contribution in [0.1, 0.15) is 17.2 Å². The van der Waals surface area contributed by atoms with Crippen molar-refractivity contribution in [3.05, 3.63) is 102 Å². The fourth-order valence-electron chi connectivity index (χ4n) is 4.04. The Bertz CT molecular complexity index is 917. The highest BCUT2D eigenvalue weighted by molar-refractivity contribution is 5.77. The highest BCUT2D eigenvalue weighted by Gasteiger charge is 2.25. The standard InChI is InChI=1S/C25H26FN3O/c26-22-13-7-8-14-23(22)28-15-17-29(18-16-28)24(30)19-27-25(20-9-3-1-4-10-20)21-11-5-2-6-12-21/h1-14,25,27H,15-19H2/p+1. The van der Waals surface area contributed by atoms with Gasteiger partial charge in [0, 0.05) is 37.3 Å². The molecule has 154 valence electrons. The second-order valence-electron chi connectivity index (χ2n) is 7.56. The van der Waals surface area contributed by atoms with Crippen LogP contribution >= 0.6 is 0 Å². The van der Waals surface area contributed by atoms with Gasteiger partial charge >= 0.3 is 0 Å². The molecule has 0 aromatic heterocycles. The normalized spacial score (nSPS) is 14.2. The Kier molecular flexibility index (Phi) is 6.40. The molecule has 1 amide bonds. The zero-order chi connectivity index (χ0) is 20.8. The monoisotopic (exact) mass is 404 g/mol. The molecule has 0 atom stereocenters. The lowest BCUT2D eigenvalue weighted by Crippen LogP contribution is -2.88. The van der Waals surface area contributed by atoms with E-state index in [0.29, 0.717) is 38.4 Å². The minimum Gasteiger partial charge on any atom is -0.366 e. The molecule has 3 aromatic carbocycles. The van der Waals surface area contributed by atoms with Crippen molar-refractivity contribution in [2.75, 3.05) is 37.6 Å². The average molecular weight is 405 g/mol. The quantitative estimate of drug-likeness (QED) is 0.686. The Morgan fingerprint density at radius 1 is 0.800 bits per heavy atom. The van der Waals surface area contributed by atoms with E-state index in [4.69, 9.17) is 0 Å². The number of benzene rings is 3. The number of rotatable bonds is 6. The van der Waals surface area contributed by atoms with Crippen LogP contribution in [0.15, 0.2) is 84.9 Å². The largest absolute Gasteiger partial charge is 0.366 e. The van der Waals surface area contributed by atoms with E-state index in [-0.39, 0.29) is 17.8 Å². The number of hydrogen-bond acceptors (Lipinski definition) is 2. The highest BCUT2D eigenvalue weighted by Crippen LogP contribution is 2.20. The summed E-state index contributed by atoms with van der Waals surface area (Å²) in [5, 5.41) is 2.11. The van der Waals surface area contributed by atoms with Gasteiger partial charge in [-0.3, -0.25) is 4.79 Å². The first kappa shape index (κ1) is 20.1. The number of nitrogens with two attached hydrogens (primary N) is 1. The molecule has 1 aliphatic heterocycles. The van der Waals surface area contributed by atoms with Crippen molar-refractivity contribution in [1.82, 2.24) is 4.90 Å². The van der Waals surface area contributed by atoms with Crippen LogP contribution < -0.4 is 10.2 Å². The maximum atomic E-state index is 14.0. The van der Waals surface area contributed by atoms with E-state index in [2.05, 4.69) is 29.6 Å². The molecule has 0 aliphatic carbocycles. The number of piperazine rings is 1. The third-order valence-corrected chi connectivity index (χ3v) is 5.67. The zero-order valence-corrected chi connectivity index (χ0v) is 17.0. The van der Waals surface area contributed by atoms with Gasteiger partial charge in [-0.15, -0.1) is 0 Å². The van der Waals surface area contributed by atoms with Crippen LogP contribution in [0.5, 0.6) is 0 Å². The van der Waals surface area contributed by atoms with Crippen LogP contribution in [0.3, 0.4) is 0 Å². The molecule has 0 saturated carbocycles. The molecule has 3 aromatic rings.